The highest BCUT2D eigenvalue weighted by molar-refractivity contribution is 5.85. The second-order valence-corrected chi connectivity index (χ2v) is 8.19. The van der Waals surface area contributed by atoms with Gasteiger partial charge in [-0.05, 0) is 70.2 Å². The van der Waals surface area contributed by atoms with Crippen molar-refractivity contribution in [3.63, 3.8) is 0 Å². The molecule has 2 aromatic heterocycles. The zero-order valence-corrected chi connectivity index (χ0v) is 18.0. The van der Waals surface area contributed by atoms with E-state index in [0.717, 1.165) is 36.2 Å². The lowest BCUT2D eigenvalue weighted by Crippen LogP contribution is -2.34. The van der Waals surface area contributed by atoms with Gasteiger partial charge in [-0.25, -0.2) is 9.78 Å². The van der Waals surface area contributed by atoms with Crippen molar-refractivity contribution in [1.29, 1.82) is 0 Å². The van der Waals surface area contributed by atoms with Crippen LogP contribution in [-0.4, -0.2) is 45.8 Å². The number of aryl methyl sites for hydroxylation is 2. The highest BCUT2D eigenvalue weighted by Gasteiger charge is 2.21. The van der Waals surface area contributed by atoms with Gasteiger partial charge < -0.3 is 15.6 Å². The van der Waals surface area contributed by atoms with Crippen molar-refractivity contribution in [2.24, 2.45) is 5.73 Å². The average molecular weight is 415 g/mol. The average Bonchev–Trinajstić information content (AvgIpc) is 2.67. The van der Waals surface area contributed by atoms with Crippen LogP contribution in [0.1, 0.15) is 44.1 Å². The van der Waals surface area contributed by atoms with Crippen LogP contribution in [0.3, 0.4) is 0 Å². The highest BCUT2D eigenvalue weighted by atomic mass is 16.6. The van der Waals surface area contributed by atoms with E-state index in [2.05, 4.69) is 9.97 Å². The molecule has 8 nitrogen and oxygen atoms in total. The van der Waals surface area contributed by atoms with Crippen LogP contribution in [0.2, 0.25) is 0 Å². The van der Waals surface area contributed by atoms with E-state index < -0.39 is 23.7 Å². The summed E-state index contributed by atoms with van der Waals surface area (Å²) in [6.07, 6.45) is 3.83. The van der Waals surface area contributed by atoms with Crippen LogP contribution in [0.25, 0.3) is 0 Å². The number of rotatable bonds is 8. The molecule has 2 rings (SSSR count). The second kappa shape index (κ2) is 10.2. The monoisotopic (exact) mass is 414 g/mol. The number of pyridine rings is 2. The molecule has 2 heterocycles. The molecule has 0 saturated heterocycles. The molecule has 3 N–H and O–H groups in total. The quantitative estimate of drug-likeness (QED) is 0.681. The standard InChI is InChI=1S/C22H30N4O4/c1-22(2,3)30-21(29)26(4)19-10-6-9-17(25-19)8-5-7-16-12-11-15(14-24-16)13-18(23)20(27)28/h6,9-12,14,18H,5,7-8,13,23H2,1-4H3,(H,27,28)/t18-/m0/s1. The van der Waals surface area contributed by atoms with Crippen molar-refractivity contribution in [2.75, 3.05) is 11.9 Å². The fourth-order valence-electron chi connectivity index (χ4n) is 2.73. The molecular weight excluding hydrogens is 384 g/mol. The maximum atomic E-state index is 12.2. The molecule has 0 saturated carbocycles. The van der Waals surface area contributed by atoms with Gasteiger partial charge >= 0.3 is 12.1 Å². The minimum absolute atomic E-state index is 0.254. The van der Waals surface area contributed by atoms with E-state index >= 15 is 0 Å². The normalized spacial score (nSPS) is 12.3. The Morgan fingerprint density at radius 3 is 2.47 bits per heavy atom. The molecule has 0 aliphatic rings. The van der Waals surface area contributed by atoms with Crippen LogP contribution >= 0.6 is 0 Å². The number of ether oxygens (including phenoxy) is 1. The van der Waals surface area contributed by atoms with E-state index in [1.54, 1.807) is 19.3 Å². The number of carboxylic acids is 1. The lowest BCUT2D eigenvalue weighted by Gasteiger charge is -2.24. The highest BCUT2D eigenvalue weighted by Crippen LogP contribution is 2.16. The number of aromatic nitrogens is 2. The Morgan fingerprint density at radius 2 is 1.87 bits per heavy atom. The minimum atomic E-state index is -1.02. The van der Waals surface area contributed by atoms with Crippen molar-refractivity contribution in [2.45, 2.75) is 58.1 Å². The molecule has 1 amide bonds. The largest absolute Gasteiger partial charge is 0.480 e. The Morgan fingerprint density at radius 1 is 1.17 bits per heavy atom. The molecule has 2 aromatic rings. The number of nitrogens with zero attached hydrogens (tertiary/aromatic N) is 3. The van der Waals surface area contributed by atoms with E-state index in [4.69, 9.17) is 15.6 Å². The molecular formula is C22H30N4O4. The van der Waals surface area contributed by atoms with Gasteiger partial charge in [0.15, 0.2) is 0 Å². The van der Waals surface area contributed by atoms with Gasteiger partial charge in [-0.2, -0.15) is 0 Å². The van der Waals surface area contributed by atoms with Gasteiger partial charge in [0, 0.05) is 24.6 Å². The van der Waals surface area contributed by atoms with E-state index in [1.165, 1.54) is 4.90 Å². The lowest BCUT2D eigenvalue weighted by molar-refractivity contribution is -0.138. The Labute approximate surface area is 177 Å². The van der Waals surface area contributed by atoms with Crippen LogP contribution in [0.5, 0.6) is 0 Å². The Balaban J connectivity index is 1.89. The van der Waals surface area contributed by atoms with Crippen molar-refractivity contribution in [3.8, 4) is 0 Å². The molecule has 1 atom stereocenters. The number of hydrogen-bond donors (Lipinski definition) is 2. The first-order chi connectivity index (χ1) is 14.0. The Bertz CT molecular complexity index is 862. The number of anilines is 1. The van der Waals surface area contributed by atoms with Crippen LogP contribution in [0, 0.1) is 0 Å². The molecule has 162 valence electrons. The molecule has 8 heteroatoms. The summed E-state index contributed by atoms with van der Waals surface area (Å²) in [5.74, 6) is -0.481. The SMILES string of the molecule is CN(C(=O)OC(C)(C)C)c1cccc(CCCc2ccc(C[C@H](N)C(=O)O)cn2)n1. The summed E-state index contributed by atoms with van der Waals surface area (Å²) in [6.45, 7) is 5.47. The molecule has 30 heavy (non-hydrogen) atoms. The summed E-state index contributed by atoms with van der Waals surface area (Å²) in [6, 6.07) is 8.40. The van der Waals surface area contributed by atoms with E-state index in [9.17, 15) is 9.59 Å². The number of carbonyl (C=O) groups is 2. The Hall–Kier alpha value is -3.00. The summed E-state index contributed by atoms with van der Waals surface area (Å²) < 4.78 is 5.38. The number of amides is 1. The fourth-order valence-corrected chi connectivity index (χ4v) is 2.73. The summed E-state index contributed by atoms with van der Waals surface area (Å²) in [5, 5.41) is 8.88. The van der Waals surface area contributed by atoms with Crippen LogP contribution in [-0.2, 0) is 28.8 Å². The number of carbonyl (C=O) groups excluding carboxylic acids is 1. The lowest BCUT2D eigenvalue weighted by atomic mass is 10.1. The van der Waals surface area contributed by atoms with Gasteiger partial charge in [0.05, 0.1) is 0 Å². The van der Waals surface area contributed by atoms with E-state index in [-0.39, 0.29) is 6.42 Å². The molecule has 0 unspecified atom stereocenters. The summed E-state index contributed by atoms with van der Waals surface area (Å²) in [4.78, 5) is 33.4. The number of hydrogen-bond acceptors (Lipinski definition) is 6. The van der Waals surface area contributed by atoms with Gasteiger partial charge in [0.1, 0.15) is 17.5 Å². The van der Waals surface area contributed by atoms with Gasteiger partial charge in [0.25, 0.3) is 0 Å². The second-order valence-electron chi connectivity index (χ2n) is 8.19. The smallest absolute Gasteiger partial charge is 0.415 e. The van der Waals surface area contributed by atoms with Crippen molar-refractivity contribution in [1.82, 2.24) is 9.97 Å². The molecule has 0 aliphatic heterocycles. The summed E-state index contributed by atoms with van der Waals surface area (Å²) in [7, 11) is 1.64. The molecule has 0 aliphatic carbocycles. The first-order valence-electron chi connectivity index (χ1n) is 9.90. The van der Waals surface area contributed by atoms with E-state index in [1.807, 2.05) is 45.0 Å². The Kier molecular flexibility index (Phi) is 7.88. The third-order valence-electron chi connectivity index (χ3n) is 4.33. The van der Waals surface area contributed by atoms with Crippen LogP contribution in [0.15, 0.2) is 36.5 Å². The maximum absolute atomic E-state index is 12.2. The number of nitrogens with two attached hydrogens (primary N) is 1. The number of aliphatic carboxylic acids is 1. The zero-order valence-electron chi connectivity index (χ0n) is 18.0. The van der Waals surface area contributed by atoms with Gasteiger partial charge in [-0.15, -0.1) is 0 Å². The third-order valence-corrected chi connectivity index (χ3v) is 4.33. The van der Waals surface area contributed by atoms with Crippen molar-refractivity contribution >= 4 is 17.9 Å². The topological polar surface area (TPSA) is 119 Å². The zero-order chi connectivity index (χ0) is 22.3. The molecule has 0 fully saturated rings. The third kappa shape index (κ3) is 7.44. The summed E-state index contributed by atoms with van der Waals surface area (Å²) in [5.41, 5.74) is 7.58. The summed E-state index contributed by atoms with van der Waals surface area (Å²) >= 11 is 0. The molecule has 0 radical (unpaired) electrons. The molecule has 0 spiro atoms. The van der Waals surface area contributed by atoms with Gasteiger partial charge in [-0.3, -0.25) is 14.7 Å². The van der Waals surface area contributed by atoms with Crippen LogP contribution < -0.4 is 10.6 Å². The number of carboxylic acid groups (broad SMARTS) is 1. The van der Waals surface area contributed by atoms with Crippen LogP contribution in [0.4, 0.5) is 10.6 Å². The fraction of sp³-hybridized carbons (Fsp3) is 0.455. The van der Waals surface area contributed by atoms with Gasteiger partial charge in [0.2, 0.25) is 0 Å². The van der Waals surface area contributed by atoms with Crippen molar-refractivity contribution < 1.29 is 19.4 Å². The van der Waals surface area contributed by atoms with Crippen molar-refractivity contribution in [3.05, 3.63) is 53.5 Å². The maximum Gasteiger partial charge on any atom is 0.415 e. The van der Waals surface area contributed by atoms with E-state index in [0.29, 0.717) is 5.82 Å². The van der Waals surface area contributed by atoms with Gasteiger partial charge in [-0.1, -0.05) is 12.1 Å². The first kappa shape index (κ1) is 23.3. The molecule has 0 bridgehead atoms. The minimum Gasteiger partial charge on any atom is -0.480 e. The molecule has 0 aromatic carbocycles. The first-order valence-corrected chi connectivity index (χ1v) is 9.90. The predicted molar refractivity (Wildman–Crippen MR) is 114 cm³/mol. The predicted octanol–water partition coefficient (Wildman–Crippen LogP) is 2.98.